The van der Waals surface area contributed by atoms with Gasteiger partial charge in [0.1, 0.15) is 11.5 Å². The van der Waals surface area contributed by atoms with Crippen molar-refractivity contribution in [3.63, 3.8) is 0 Å². The Kier molecular flexibility index (Phi) is 4.73. The van der Waals surface area contributed by atoms with Crippen LogP contribution in [0.5, 0.6) is 11.5 Å². The first-order valence-corrected chi connectivity index (χ1v) is 7.13. The summed E-state index contributed by atoms with van der Waals surface area (Å²) in [6.45, 7) is 4.33. The SMILES string of the molecule is CC(C)c1ccc(Oc2cc(Cl)ccc2CCl)cc1. The van der Waals surface area contributed by atoms with Gasteiger partial charge in [-0.2, -0.15) is 0 Å². The molecular formula is C16H16Cl2O. The smallest absolute Gasteiger partial charge is 0.133 e. The minimum Gasteiger partial charge on any atom is -0.457 e. The molecule has 0 atom stereocenters. The number of rotatable bonds is 4. The van der Waals surface area contributed by atoms with Crippen LogP contribution >= 0.6 is 23.2 Å². The molecule has 2 rings (SSSR count). The van der Waals surface area contributed by atoms with Gasteiger partial charge in [0.05, 0.1) is 5.88 Å². The largest absolute Gasteiger partial charge is 0.457 e. The Morgan fingerprint density at radius 3 is 2.32 bits per heavy atom. The van der Waals surface area contributed by atoms with Crippen LogP contribution < -0.4 is 4.74 Å². The Morgan fingerprint density at radius 1 is 1.05 bits per heavy atom. The van der Waals surface area contributed by atoms with E-state index in [1.165, 1.54) is 5.56 Å². The molecule has 0 aliphatic rings. The van der Waals surface area contributed by atoms with Crippen molar-refractivity contribution in [3.8, 4) is 11.5 Å². The van der Waals surface area contributed by atoms with Crippen molar-refractivity contribution in [2.45, 2.75) is 25.6 Å². The molecule has 19 heavy (non-hydrogen) atoms. The predicted octanol–water partition coefficient (Wildman–Crippen LogP) is 5.99. The summed E-state index contributed by atoms with van der Waals surface area (Å²) in [7, 11) is 0. The molecule has 0 heterocycles. The molecule has 0 spiro atoms. The zero-order valence-corrected chi connectivity index (χ0v) is 12.5. The summed E-state index contributed by atoms with van der Waals surface area (Å²) in [5.41, 5.74) is 2.22. The highest BCUT2D eigenvalue weighted by atomic mass is 35.5. The molecule has 0 bridgehead atoms. The van der Waals surface area contributed by atoms with Crippen molar-refractivity contribution in [1.29, 1.82) is 0 Å². The minimum atomic E-state index is 0.399. The van der Waals surface area contributed by atoms with Crippen molar-refractivity contribution in [2.75, 3.05) is 0 Å². The lowest BCUT2D eigenvalue weighted by molar-refractivity contribution is 0.478. The normalized spacial score (nSPS) is 10.8. The van der Waals surface area contributed by atoms with Gasteiger partial charge in [0, 0.05) is 10.6 Å². The van der Waals surface area contributed by atoms with Gasteiger partial charge in [0.25, 0.3) is 0 Å². The number of hydrogen-bond donors (Lipinski definition) is 0. The van der Waals surface area contributed by atoms with E-state index in [2.05, 4.69) is 26.0 Å². The summed E-state index contributed by atoms with van der Waals surface area (Å²) >= 11 is 11.9. The van der Waals surface area contributed by atoms with Crippen LogP contribution in [0.1, 0.15) is 30.9 Å². The van der Waals surface area contributed by atoms with Crippen molar-refractivity contribution in [1.82, 2.24) is 0 Å². The van der Waals surface area contributed by atoms with E-state index in [4.69, 9.17) is 27.9 Å². The van der Waals surface area contributed by atoms with Crippen LogP contribution in [0, 0.1) is 0 Å². The summed E-state index contributed by atoms with van der Waals surface area (Å²) in [6.07, 6.45) is 0. The molecule has 3 heteroatoms. The van der Waals surface area contributed by atoms with E-state index in [-0.39, 0.29) is 0 Å². The molecule has 0 amide bonds. The molecule has 100 valence electrons. The number of hydrogen-bond acceptors (Lipinski definition) is 1. The van der Waals surface area contributed by atoms with Gasteiger partial charge >= 0.3 is 0 Å². The van der Waals surface area contributed by atoms with Gasteiger partial charge in [-0.1, -0.05) is 43.6 Å². The zero-order valence-electron chi connectivity index (χ0n) is 11.0. The monoisotopic (exact) mass is 294 g/mol. The molecule has 0 saturated carbocycles. The van der Waals surface area contributed by atoms with E-state index in [0.717, 1.165) is 11.3 Å². The molecule has 0 saturated heterocycles. The summed E-state index contributed by atoms with van der Waals surface area (Å²) in [6, 6.07) is 13.6. The highest BCUT2D eigenvalue weighted by molar-refractivity contribution is 6.30. The van der Waals surface area contributed by atoms with E-state index < -0.39 is 0 Å². The van der Waals surface area contributed by atoms with E-state index in [9.17, 15) is 0 Å². The highest BCUT2D eigenvalue weighted by Crippen LogP contribution is 2.30. The van der Waals surface area contributed by atoms with Crippen molar-refractivity contribution >= 4 is 23.2 Å². The lowest BCUT2D eigenvalue weighted by Crippen LogP contribution is -1.91. The fourth-order valence-corrected chi connectivity index (χ4v) is 2.16. The van der Waals surface area contributed by atoms with Gasteiger partial charge in [-0.25, -0.2) is 0 Å². The summed E-state index contributed by atoms with van der Waals surface area (Å²) in [5, 5.41) is 0.641. The van der Waals surface area contributed by atoms with Crippen LogP contribution in [-0.2, 0) is 5.88 Å². The fourth-order valence-electron chi connectivity index (χ4n) is 1.78. The second kappa shape index (κ2) is 6.31. The topological polar surface area (TPSA) is 9.23 Å². The molecule has 0 fully saturated rings. The summed E-state index contributed by atoms with van der Waals surface area (Å²) < 4.78 is 5.85. The van der Waals surface area contributed by atoms with E-state index in [1.54, 1.807) is 6.07 Å². The second-order valence-corrected chi connectivity index (χ2v) is 5.42. The van der Waals surface area contributed by atoms with Gasteiger partial charge < -0.3 is 4.74 Å². The van der Waals surface area contributed by atoms with Crippen LogP contribution in [0.4, 0.5) is 0 Å². The molecule has 0 N–H and O–H groups in total. The third-order valence-electron chi connectivity index (χ3n) is 2.95. The molecule has 1 nitrogen and oxygen atoms in total. The number of ether oxygens (including phenoxy) is 1. The molecule has 0 aromatic heterocycles. The molecule has 0 radical (unpaired) electrons. The zero-order chi connectivity index (χ0) is 13.8. The Labute approximate surface area is 124 Å². The lowest BCUT2D eigenvalue weighted by Gasteiger charge is -2.11. The van der Waals surface area contributed by atoms with Crippen molar-refractivity contribution < 1.29 is 4.74 Å². The first kappa shape index (κ1) is 14.2. The van der Waals surface area contributed by atoms with Gasteiger partial charge in [0.2, 0.25) is 0 Å². The standard InChI is InChI=1S/C16H16Cl2O/c1-11(2)12-4-7-15(8-5-12)19-16-9-14(18)6-3-13(16)10-17/h3-9,11H,10H2,1-2H3. The van der Waals surface area contributed by atoms with Crippen molar-refractivity contribution in [3.05, 3.63) is 58.6 Å². The highest BCUT2D eigenvalue weighted by Gasteiger charge is 2.06. The lowest BCUT2D eigenvalue weighted by atomic mass is 10.0. The molecule has 0 unspecified atom stereocenters. The molecule has 2 aromatic carbocycles. The van der Waals surface area contributed by atoms with E-state index >= 15 is 0 Å². The Morgan fingerprint density at radius 2 is 1.74 bits per heavy atom. The fraction of sp³-hybridized carbons (Fsp3) is 0.250. The average molecular weight is 295 g/mol. The first-order valence-electron chi connectivity index (χ1n) is 6.22. The molecule has 2 aromatic rings. The third kappa shape index (κ3) is 3.65. The summed E-state index contributed by atoms with van der Waals surface area (Å²) in [4.78, 5) is 0. The van der Waals surface area contributed by atoms with Gasteiger partial charge in [-0.15, -0.1) is 11.6 Å². The molecule has 0 aliphatic carbocycles. The number of alkyl halides is 1. The molecule has 0 aliphatic heterocycles. The van der Waals surface area contributed by atoms with Gasteiger partial charge in [-0.3, -0.25) is 0 Å². The second-order valence-electron chi connectivity index (χ2n) is 4.71. The Balaban J connectivity index is 2.23. The maximum absolute atomic E-state index is 5.98. The number of benzene rings is 2. The number of halogens is 2. The van der Waals surface area contributed by atoms with E-state index in [0.29, 0.717) is 22.6 Å². The van der Waals surface area contributed by atoms with Gasteiger partial charge in [-0.05, 0) is 35.7 Å². The van der Waals surface area contributed by atoms with Gasteiger partial charge in [0.15, 0.2) is 0 Å². The van der Waals surface area contributed by atoms with E-state index in [1.807, 2.05) is 24.3 Å². The maximum Gasteiger partial charge on any atom is 0.133 e. The molecular weight excluding hydrogens is 279 g/mol. The van der Waals surface area contributed by atoms with Crippen LogP contribution in [0.3, 0.4) is 0 Å². The Hall–Kier alpha value is -1.18. The predicted molar refractivity (Wildman–Crippen MR) is 81.6 cm³/mol. The average Bonchev–Trinajstić information content (AvgIpc) is 2.39. The Bertz CT molecular complexity index is 547. The summed E-state index contributed by atoms with van der Waals surface area (Å²) in [5.74, 6) is 2.41. The minimum absolute atomic E-state index is 0.399. The van der Waals surface area contributed by atoms with Crippen LogP contribution in [0.25, 0.3) is 0 Å². The van der Waals surface area contributed by atoms with Crippen LogP contribution in [0.15, 0.2) is 42.5 Å². The maximum atomic E-state index is 5.98. The van der Waals surface area contributed by atoms with Crippen molar-refractivity contribution in [2.24, 2.45) is 0 Å². The third-order valence-corrected chi connectivity index (χ3v) is 3.47. The first-order chi connectivity index (χ1) is 9.10. The van der Waals surface area contributed by atoms with Crippen LogP contribution in [-0.4, -0.2) is 0 Å². The van der Waals surface area contributed by atoms with Crippen LogP contribution in [0.2, 0.25) is 5.02 Å². The quantitative estimate of drug-likeness (QED) is 0.629.